The molecule has 2 aliphatic carbocycles. The van der Waals surface area contributed by atoms with Crippen LogP contribution in [-0.4, -0.2) is 80.1 Å². The lowest BCUT2D eigenvalue weighted by atomic mass is 9.75. The normalized spacial score (nSPS) is 27.8. The molecule has 21 heavy (non-hydrogen) atoms. The maximum absolute atomic E-state index is 12.4. The summed E-state index contributed by atoms with van der Waals surface area (Å²) in [5.41, 5.74) is 0.202. The van der Waals surface area contributed by atoms with Crippen LogP contribution in [0, 0.1) is 0 Å². The zero-order valence-corrected chi connectivity index (χ0v) is 14.4. The summed E-state index contributed by atoms with van der Waals surface area (Å²) in [7, 11) is 10.4. The van der Waals surface area contributed by atoms with E-state index >= 15 is 0 Å². The number of amides is 2. The van der Waals surface area contributed by atoms with E-state index in [1.54, 1.807) is 0 Å². The molecule has 0 saturated heterocycles. The lowest BCUT2D eigenvalue weighted by Crippen LogP contribution is -2.58. The molecule has 1 N–H and O–H groups in total. The molecule has 5 nitrogen and oxygen atoms in total. The van der Waals surface area contributed by atoms with E-state index in [2.05, 4.69) is 43.3 Å². The highest BCUT2D eigenvalue weighted by Crippen LogP contribution is 2.36. The van der Waals surface area contributed by atoms with E-state index in [1.807, 2.05) is 11.9 Å². The van der Waals surface area contributed by atoms with Crippen LogP contribution in [0.3, 0.4) is 0 Å². The van der Waals surface area contributed by atoms with E-state index in [4.69, 9.17) is 0 Å². The van der Waals surface area contributed by atoms with Crippen molar-refractivity contribution in [1.29, 1.82) is 0 Å². The van der Waals surface area contributed by atoms with E-state index in [9.17, 15) is 4.79 Å². The van der Waals surface area contributed by atoms with Crippen LogP contribution in [0.4, 0.5) is 4.79 Å². The van der Waals surface area contributed by atoms with Gasteiger partial charge < -0.3 is 20.0 Å². The van der Waals surface area contributed by atoms with Crippen molar-refractivity contribution < 1.29 is 4.79 Å². The predicted octanol–water partition coefficient (Wildman–Crippen LogP) is 1.59. The molecule has 5 heteroatoms. The second-order valence-corrected chi connectivity index (χ2v) is 7.41. The Morgan fingerprint density at radius 3 is 2.24 bits per heavy atom. The maximum atomic E-state index is 12.4. The van der Waals surface area contributed by atoms with Crippen molar-refractivity contribution in [1.82, 2.24) is 20.0 Å². The molecule has 2 fully saturated rings. The van der Waals surface area contributed by atoms with Crippen LogP contribution in [0.2, 0.25) is 0 Å². The Hall–Kier alpha value is -0.810. The third-order valence-electron chi connectivity index (χ3n) is 5.57. The molecule has 2 aliphatic rings. The third-order valence-corrected chi connectivity index (χ3v) is 5.57. The van der Waals surface area contributed by atoms with Crippen molar-refractivity contribution in [2.45, 2.75) is 56.1 Å². The largest absolute Gasteiger partial charge is 0.335 e. The Morgan fingerprint density at radius 2 is 1.81 bits per heavy atom. The van der Waals surface area contributed by atoms with E-state index in [-0.39, 0.29) is 11.6 Å². The minimum absolute atomic E-state index is 0.0903. The van der Waals surface area contributed by atoms with Crippen molar-refractivity contribution in [2.24, 2.45) is 0 Å². The maximum Gasteiger partial charge on any atom is 0.317 e. The summed E-state index contributed by atoms with van der Waals surface area (Å²) >= 11 is 0. The van der Waals surface area contributed by atoms with Gasteiger partial charge in [-0.15, -0.1) is 0 Å². The number of carbonyl (C=O) groups excluding carboxylic acids is 1. The first-order chi connectivity index (χ1) is 9.84. The summed E-state index contributed by atoms with van der Waals surface area (Å²) < 4.78 is 0. The number of likely N-dealkylation sites (N-methyl/N-ethyl adjacent to an activating group) is 2. The Kier molecular flexibility index (Phi) is 5.15. The Bertz CT molecular complexity index is 365. The summed E-state index contributed by atoms with van der Waals surface area (Å²) in [6.45, 7) is 0.829. The highest BCUT2D eigenvalue weighted by molar-refractivity contribution is 5.74. The van der Waals surface area contributed by atoms with Gasteiger partial charge in [-0.3, -0.25) is 0 Å². The standard InChI is InChI=1S/C16H32N4O/c1-18(2)14-8-7-13(11-14)17-15(21)20(5)12-16(19(3)4)9-6-10-16/h13-14H,6-12H2,1-5H3,(H,17,21). The molecule has 0 radical (unpaired) electrons. The summed E-state index contributed by atoms with van der Waals surface area (Å²) in [6, 6.07) is 1.04. The summed E-state index contributed by atoms with van der Waals surface area (Å²) in [5.74, 6) is 0. The van der Waals surface area contributed by atoms with Gasteiger partial charge in [0.15, 0.2) is 0 Å². The highest BCUT2D eigenvalue weighted by atomic mass is 16.2. The summed E-state index contributed by atoms with van der Waals surface area (Å²) in [4.78, 5) is 18.8. The molecule has 0 spiro atoms. The van der Waals surface area contributed by atoms with Crippen molar-refractivity contribution in [3.05, 3.63) is 0 Å². The molecule has 2 unspecified atom stereocenters. The molecule has 122 valence electrons. The van der Waals surface area contributed by atoms with Crippen LogP contribution in [0.25, 0.3) is 0 Å². The van der Waals surface area contributed by atoms with Crippen LogP contribution >= 0.6 is 0 Å². The predicted molar refractivity (Wildman–Crippen MR) is 86.5 cm³/mol. The minimum atomic E-state index is 0.0903. The quantitative estimate of drug-likeness (QED) is 0.837. The van der Waals surface area contributed by atoms with E-state index in [0.717, 1.165) is 19.4 Å². The van der Waals surface area contributed by atoms with Gasteiger partial charge >= 0.3 is 6.03 Å². The molecular formula is C16H32N4O. The van der Waals surface area contributed by atoms with Crippen LogP contribution in [-0.2, 0) is 0 Å². The second kappa shape index (κ2) is 6.53. The van der Waals surface area contributed by atoms with Crippen molar-refractivity contribution in [3.8, 4) is 0 Å². The molecule has 0 aliphatic heterocycles. The van der Waals surface area contributed by atoms with Crippen LogP contribution in [0.1, 0.15) is 38.5 Å². The zero-order chi connectivity index (χ0) is 15.6. The first-order valence-electron chi connectivity index (χ1n) is 8.19. The lowest BCUT2D eigenvalue weighted by molar-refractivity contribution is 0.0360. The monoisotopic (exact) mass is 296 g/mol. The van der Waals surface area contributed by atoms with Crippen molar-refractivity contribution >= 4 is 6.03 Å². The highest BCUT2D eigenvalue weighted by Gasteiger charge is 2.41. The van der Waals surface area contributed by atoms with Crippen LogP contribution in [0.15, 0.2) is 0 Å². The van der Waals surface area contributed by atoms with Crippen LogP contribution < -0.4 is 5.32 Å². The number of rotatable bonds is 5. The van der Waals surface area contributed by atoms with Gasteiger partial charge in [0.25, 0.3) is 0 Å². The van der Waals surface area contributed by atoms with Gasteiger partial charge in [0.1, 0.15) is 0 Å². The van der Waals surface area contributed by atoms with Gasteiger partial charge in [0.2, 0.25) is 0 Å². The molecule has 2 saturated carbocycles. The zero-order valence-electron chi connectivity index (χ0n) is 14.4. The fourth-order valence-corrected chi connectivity index (χ4v) is 3.69. The first-order valence-corrected chi connectivity index (χ1v) is 8.19. The van der Waals surface area contributed by atoms with Gasteiger partial charge in [-0.25, -0.2) is 4.79 Å². The van der Waals surface area contributed by atoms with Gasteiger partial charge in [0.05, 0.1) is 0 Å². The van der Waals surface area contributed by atoms with Gasteiger partial charge in [-0.2, -0.15) is 0 Å². The Morgan fingerprint density at radius 1 is 1.14 bits per heavy atom. The van der Waals surface area contributed by atoms with Crippen molar-refractivity contribution in [2.75, 3.05) is 41.8 Å². The van der Waals surface area contributed by atoms with E-state index in [0.29, 0.717) is 12.1 Å². The minimum Gasteiger partial charge on any atom is -0.335 e. The number of nitrogens with zero attached hydrogens (tertiary/aromatic N) is 3. The molecule has 0 aromatic heterocycles. The average molecular weight is 296 g/mol. The number of urea groups is 1. The van der Waals surface area contributed by atoms with Gasteiger partial charge in [-0.05, 0) is 66.7 Å². The van der Waals surface area contributed by atoms with E-state index < -0.39 is 0 Å². The van der Waals surface area contributed by atoms with Crippen molar-refractivity contribution in [3.63, 3.8) is 0 Å². The SMILES string of the molecule is CN(CC1(N(C)C)CCC1)C(=O)NC1CCC(N(C)C)C1. The molecular weight excluding hydrogens is 264 g/mol. The number of nitrogens with one attached hydrogen (secondary N) is 1. The molecule has 0 aromatic carbocycles. The van der Waals surface area contributed by atoms with Crippen LogP contribution in [0.5, 0.6) is 0 Å². The second-order valence-electron chi connectivity index (χ2n) is 7.41. The summed E-state index contributed by atoms with van der Waals surface area (Å²) in [6.07, 6.45) is 7.03. The molecule has 2 amide bonds. The number of hydrogen-bond acceptors (Lipinski definition) is 3. The molecule has 2 rings (SSSR count). The first kappa shape index (κ1) is 16.6. The number of carbonyl (C=O) groups is 1. The van der Waals surface area contributed by atoms with Gasteiger partial charge in [0, 0.05) is 31.2 Å². The average Bonchev–Trinajstić information content (AvgIpc) is 2.81. The molecule has 0 heterocycles. The third kappa shape index (κ3) is 3.69. The van der Waals surface area contributed by atoms with E-state index in [1.165, 1.54) is 25.7 Å². The fourth-order valence-electron chi connectivity index (χ4n) is 3.69. The molecule has 0 aromatic rings. The fraction of sp³-hybridized carbons (Fsp3) is 0.938. The Labute approximate surface area is 129 Å². The van der Waals surface area contributed by atoms with Gasteiger partial charge in [-0.1, -0.05) is 0 Å². The lowest BCUT2D eigenvalue weighted by Gasteiger charge is -2.49. The molecule has 2 atom stereocenters. The smallest absolute Gasteiger partial charge is 0.317 e. The topological polar surface area (TPSA) is 38.8 Å². The Balaban J connectivity index is 1.81. The number of hydrogen-bond donors (Lipinski definition) is 1. The summed E-state index contributed by atoms with van der Waals surface area (Å²) in [5, 5.41) is 3.21. The molecule has 0 bridgehead atoms.